The molecule has 0 unspecified atom stereocenters. The summed E-state index contributed by atoms with van der Waals surface area (Å²) >= 11 is 0. The van der Waals surface area contributed by atoms with E-state index in [1.165, 1.54) is 5.69 Å². The lowest BCUT2D eigenvalue weighted by atomic mass is 10.1. The van der Waals surface area contributed by atoms with Crippen molar-refractivity contribution in [1.82, 2.24) is 14.0 Å². The largest absolute Gasteiger partial charge is 0.376 e. The van der Waals surface area contributed by atoms with E-state index in [2.05, 4.69) is 16.7 Å². The first-order valence-corrected chi connectivity index (χ1v) is 8.87. The number of carbonyl (C=O) groups is 1. The van der Waals surface area contributed by atoms with Gasteiger partial charge >= 0.3 is 0 Å². The molecule has 1 amide bonds. The van der Waals surface area contributed by atoms with Crippen LogP contribution in [0.25, 0.3) is 5.69 Å². The lowest BCUT2D eigenvalue weighted by Crippen LogP contribution is -2.28. The van der Waals surface area contributed by atoms with Gasteiger partial charge < -0.3 is 18.8 Å². The van der Waals surface area contributed by atoms with Crippen LogP contribution in [0.2, 0.25) is 0 Å². The molecule has 0 spiro atoms. The Bertz CT molecular complexity index is 925. The fraction of sp³-hybridized carbons (Fsp3) is 0.286. The molecule has 3 aromatic rings. The van der Waals surface area contributed by atoms with Crippen molar-refractivity contribution in [3.63, 3.8) is 0 Å². The molecule has 5 nitrogen and oxygen atoms in total. The number of aromatic nitrogens is 2. The molecule has 1 aliphatic rings. The number of ether oxygens (including phenoxy) is 1. The minimum absolute atomic E-state index is 0.0317. The fourth-order valence-corrected chi connectivity index (χ4v) is 3.63. The zero-order valence-corrected chi connectivity index (χ0v) is 15.2. The van der Waals surface area contributed by atoms with Crippen molar-refractivity contribution in [2.75, 3.05) is 13.7 Å². The average Bonchev–Trinajstić information content (AvgIpc) is 3.30. The Kier molecular flexibility index (Phi) is 4.39. The molecule has 0 radical (unpaired) electrons. The van der Waals surface area contributed by atoms with E-state index < -0.39 is 0 Å². The van der Waals surface area contributed by atoms with Crippen LogP contribution >= 0.6 is 0 Å². The van der Waals surface area contributed by atoms with Crippen LogP contribution in [0, 0.1) is 0 Å². The van der Waals surface area contributed by atoms with E-state index >= 15 is 0 Å². The maximum absolute atomic E-state index is 13.0. The van der Waals surface area contributed by atoms with Gasteiger partial charge in [0.2, 0.25) is 0 Å². The van der Waals surface area contributed by atoms with E-state index in [1.54, 1.807) is 4.90 Å². The third-order valence-electron chi connectivity index (χ3n) is 5.04. The Morgan fingerprint density at radius 2 is 1.96 bits per heavy atom. The van der Waals surface area contributed by atoms with Gasteiger partial charge in [-0.1, -0.05) is 18.2 Å². The Hall–Kier alpha value is -2.79. The maximum atomic E-state index is 13.0. The molecule has 134 valence electrons. The highest BCUT2D eigenvalue weighted by atomic mass is 16.5. The molecular formula is C21H23N3O2. The summed E-state index contributed by atoms with van der Waals surface area (Å²) in [5, 5.41) is 0. The van der Waals surface area contributed by atoms with E-state index in [9.17, 15) is 4.79 Å². The van der Waals surface area contributed by atoms with Crippen LogP contribution in [0.4, 0.5) is 0 Å². The molecule has 5 heteroatoms. The molecule has 0 fully saturated rings. The second-order valence-electron chi connectivity index (χ2n) is 6.74. The number of rotatable bonds is 4. The summed E-state index contributed by atoms with van der Waals surface area (Å²) in [6, 6.07) is 14.2. The first-order valence-electron chi connectivity index (χ1n) is 8.87. The van der Waals surface area contributed by atoms with E-state index in [-0.39, 0.29) is 5.91 Å². The Balaban J connectivity index is 1.59. The zero-order chi connectivity index (χ0) is 18.1. The van der Waals surface area contributed by atoms with Crippen molar-refractivity contribution in [3.05, 3.63) is 77.4 Å². The average molecular weight is 349 g/mol. The number of benzene rings is 1. The number of hydrogen-bond acceptors (Lipinski definition) is 2. The lowest BCUT2D eigenvalue weighted by Gasteiger charge is -2.20. The van der Waals surface area contributed by atoms with Crippen LogP contribution < -0.4 is 0 Å². The van der Waals surface area contributed by atoms with Gasteiger partial charge in [-0.25, -0.2) is 0 Å². The second-order valence-corrected chi connectivity index (χ2v) is 6.74. The second kappa shape index (κ2) is 6.84. The van der Waals surface area contributed by atoms with Gasteiger partial charge in [0.1, 0.15) is 5.69 Å². The number of fused-ring (bicyclic) bond motifs is 1. The van der Waals surface area contributed by atoms with Crippen LogP contribution in [0.3, 0.4) is 0 Å². The molecule has 4 rings (SSSR count). The first-order chi connectivity index (χ1) is 12.6. The molecule has 1 aromatic carbocycles. The first kappa shape index (κ1) is 16.7. The Labute approximate surface area is 153 Å². The third-order valence-corrected chi connectivity index (χ3v) is 5.04. The SMILES string of the molecule is CN(Cc1ccccc1-n1cccc1)C(=O)c1cc2c(n1C)CCOC2. The molecule has 0 bridgehead atoms. The topological polar surface area (TPSA) is 39.4 Å². The molecule has 2 aromatic heterocycles. The molecule has 0 saturated carbocycles. The normalized spacial score (nSPS) is 13.5. The van der Waals surface area contributed by atoms with Gasteiger partial charge in [-0.15, -0.1) is 0 Å². The van der Waals surface area contributed by atoms with E-state index in [4.69, 9.17) is 4.74 Å². The molecule has 26 heavy (non-hydrogen) atoms. The van der Waals surface area contributed by atoms with Crippen LogP contribution in [0.5, 0.6) is 0 Å². The number of para-hydroxylation sites is 1. The van der Waals surface area contributed by atoms with Crippen LogP contribution in [-0.2, 0) is 31.4 Å². The van der Waals surface area contributed by atoms with Crippen LogP contribution in [-0.4, -0.2) is 33.6 Å². The van der Waals surface area contributed by atoms with E-state index in [0.29, 0.717) is 13.2 Å². The monoisotopic (exact) mass is 349 g/mol. The maximum Gasteiger partial charge on any atom is 0.270 e. The summed E-state index contributed by atoms with van der Waals surface area (Å²) in [7, 11) is 3.83. The molecule has 0 N–H and O–H groups in total. The van der Waals surface area contributed by atoms with Crippen molar-refractivity contribution in [2.24, 2.45) is 7.05 Å². The van der Waals surface area contributed by atoms with Crippen molar-refractivity contribution in [3.8, 4) is 5.69 Å². The van der Waals surface area contributed by atoms with Gasteiger partial charge in [-0.2, -0.15) is 0 Å². The van der Waals surface area contributed by atoms with Gasteiger partial charge in [0.25, 0.3) is 5.91 Å². The van der Waals surface area contributed by atoms with Gasteiger partial charge in [0.05, 0.1) is 13.2 Å². The van der Waals surface area contributed by atoms with Crippen LogP contribution in [0.1, 0.15) is 27.3 Å². The smallest absolute Gasteiger partial charge is 0.270 e. The van der Waals surface area contributed by atoms with E-state index in [1.807, 2.05) is 61.4 Å². The van der Waals surface area contributed by atoms with Gasteiger partial charge in [0, 0.05) is 50.8 Å². The number of hydrogen-bond donors (Lipinski definition) is 0. The predicted molar refractivity (Wildman–Crippen MR) is 100 cm³/mol. The summed E-state index contributed by atoms with van der Waals surface area (Å²) in [4.78, 5) is 14.8. The summed E-state index contributed by atoms with van der Waals surface area (Å²) in [5.74, 6) is 0.0317. The van der Waals surface area contributed by atoms with Crippen LogP contribution in [0.15, 0.2) is 54.9 Å². The van der Waals surface area contributed by atoms with Crippen molar-refractivity contribution in [1.29, 1.82) is 0 Å². The zero-order valence-electron chi connectivity index (χ0n) is 15.2. The fourth-order valence-electron chi connectivity index (χ4n) is 3.63. The van der Waals surface area contributed by atoms with Gasteiger partial charge in [-0.3, -0.25) is 4.79 Å². The minimum Gasteiger partial charge on any atom is -0.376 e. The molecular weight excluding hydrogens is 326 g/mol. The highest BCUT2D eigenvalue weighted by molar-refractivity contribution is 5.93. The molecule has 3 heterocycles. The Morgan fingerprint density at radius 3 is 2.73 bits per heavy atom. The lowest BCUT2D eigenvalue weighted by molar-refractivity contribution is 0.0775. The number of nitrogens with zero attached hydrogens (tertiary/aromatic N) is 3. The molecule has 1 aliphatic heterocycles. The summed E-state index contributed by atoms with van der Waals surface area (Å²) in [6.07, 6.45) is 4.90. The van der Waals surface area contributed by atoms with Gasteiger partial charge in [0.15, 0.2) is 0 Å². The van der Waals surface area contributed by atoms with Crippen molar-refractivity contribution < 1.29 is 9.53 Å². The predicted octanol–water partition coefficient (Wildman–Crippen LogP) is 3.16. The summed E-state index contributed by atoms with van der Waals surface area (Å²) in [6.45, 7) is 1.87. The molecule has 0 aliphatic carbocycles. The van der Waals surface area contributed by atoms with Crippen molar-refractivity contribution in [2.45, 2.75) is 19.6 Å². The molecule has 0 atom stereocenters. The summed E-state index contributed by atoms with van der Waals surface area (Å²) < 4.78 is 9.61. The van der Waals surface area contributed by atoms with Gasteiger partial charge in [-0.05, 0) is 35.4 Å². The quantitative estimate of drug-likeness (QED) is 0.726. The summed E-state index contributed by atoms with van der Waals surface area (Å²) in [5.41, 5.74) is 5.27. The standard InChI is InChI=1S/C21H23N3O2/c1-22(14-16-7-3-4-8-19(16)24-10-5-6-11-24)21(25)20-13-17-15-26-12-9-18(17)23(20)2/h3-8,10-11,13H,9,12,14-15H2,1-2H3. The highest BCUT2D eigenvalue weighted by Gasteiger charge is 2.23. The molecule has 0 saturated heterocycles. The minimum atomic E-state index is 0.0317. The number of amides is 1. The number of carbonyl (C=O) groups excluding carboxylic acids is 1. The highest BCUT2D eigenvalue weighted by Crippen LogP contribution is 2.23. The Morgan fingerprint density at radius 1 is 1.19 bits per heavy atom. The van der Waals surface area contributed by atoms with Crippen molar-refractivity contribution >= 4 is 5.91 Å². The van der Waals surface area contributed by atoms with E-state index in [0.717, 1.165) is 35.5 Å². The third kappa shape index (κ3) is 2.95.